The molecule has 1 aromatic rings. The van der Waals surface area contributed by atoms with E-state index in [2.05, 4.69) is 9.99 Å². The van der Waals surface area contributed by atoms with E-state index in [1.807, 2.05) is 0 Å². The van der Waals surface area contributed by atoms with E-state index in [0.717, 1.165) is 0 Å². The van der Waals surface area contributed by atoms with Crippen LogP contribution in [-0.2, 0) is 4.84 Å². The summed E-state index contributed by atoms with van der Waals surface area (Å²) < 4.78 is 49.7. The van der Waals surface area contributed by atoms with Crippen molar-refractivity contribution in [2.45, 2.75) is 25.1 Å². The van der Waals surface area contributed by atoms with Gasteiger partial charge < -0.3 is 4.84 Å². The number of oxime groups is 1. The molecule has 1 aliphatic heterocycles. The summed E-state index contributed by atoms with van der Waals surface area (Å²) in [6, 6.07) is 5.79. The first-order valence-corrected chi connectivity index (χ1v) is 5.00. The minimum atomic E-state index is -4.30. The molecule has 1 unspecified atom stereocenters. The smallest absolute Gasteiger partial charge is 0.391 e. The van der Waals surface area contributed by atoms with Crippen molar-refractivity contribution in [1.29, 1.82) is 0 Å². The fourth-order valence-corrected chi connectivity index (χ4v) is 1.65. The SMILES string of the molecule is Fc1ccccc1C1=NOC(CC(F)(F)F)C1. The van der Waals surface area contributed by atoms with Crippen molar-refractivity contribution in [2.75, 3.05) is 0 Å². The summed E-state index contributed by atoms with van der Waals surface area (Å²) in [5.41, 5.74) is 0.412. The zero-order valence-electron chi connectivity index (χ0n) is 8.67. The lowest BCUT2D eigenvalue weighted by atomic mass is 10.0. The van der Waals surface area contributed by atoms with Crippen molar-refractivity contribution in [2.24, 2.45) is 5.16 Å². The van der Waals surface area contributed by atoms with Crippen LogP contribution in [0.2, 0.25) is 0 Å². The van der Waals surface area contributed by atoms with Gasteiger partial charge in [0.2, 0.25) is 0 Å². The van der Waals surface area contributed by atoms with Crippen molar-refractivity contribution in [3.05, 3.63) is 35.6 Å². The number of alkyl halides is 3. The zero-order chi connectivity index (χ0) is 12.5. The van der Waals surface area contributed by atoms with Gasteiger partial charge in [0.05, 0.1) is 12.1 Å². The summed E-state index contributed by atoms with van der Waals surface area (Å²) in [6.07, 6.45) is -6.45. The van der Waals surface area contributed by atoms with Gasteiger partial charge in [-0.1, -0.05) is 23.4 Å². The molecule has 0 amide bonds. The van der Waals surface area contributed by atoms with Gasteiger partial charge in [0.1, 0.15) is 11.9 Å². The molecular weight excluding hydrogens is 238 g/mol. The van der Waals surface area contributed by atoms with Crippen LogP contribution in [0.5, 0.6) is 0 Å². The predicted octanol–water partition coefficient (Wildman–Crippen LogP) is 3.27. The molecule has 0 aromatic heterocycles. The number of benzene rings is 1. The third-order valence-corrected chi connectivity index (χ3v) is 2.38. The number of rotatable bonds is 2. The van der Waals surface area contributed by atoms with Gasteiger partial charge in [-0.25, -0.2) is 4.39 Å². The Labute approximate surface area is 94.9 Å². The van der Waals surface area contributed by atoms with Crippen LogP contribution in [0.15, 0.2) is 29.4 Å². The highest BCUT2D eigenvalue weighted by molar-refractivity contribution is 6.01. The number of hydrogen-bond acceptors (Lipinski definition) is 2. The second-order valence-corrected chi connectivity index (χ2v) is 3.77. The highest BCUT2D eigenvalue weighted by Crippen LogP contribution is 2.28. The maximum atomic E-state index is 13.3. The molecule has 1 atom stereocenters. The van der Waals surface area contributed by atoms with E-state index in [1.165, 1.54) is 18.2 Å². The monoisotopic (exact) mass is 247 g/mol. The Morgan fingerprint density at radius 2 is 2.00 bits per heavy atom. The van der Waals surface area contributed by atoms with E-state index >= 15 is 0 Å². The third-order valence-electron chi connectivity index (χ3n) is 2.38. The van der Waals surface area contributed by atoms with E-state index in [0.29, 0.717) is 0 Å². The lowest BCUT2D eigenvalue weighted by Gasteiger charge is -2.10. The van der Waals surface area contributed by atoms with Gasteiger partial charge in [-0.15, -0.1) is 0 Å². The molecule has 92 valence electrons. The summed E-state index contributed by atoms with van der Waals surface area (Å²) in [6.45, 7) is 0. The molecule has 1 aromatic carbocycles. The Hall–Kier alpha value is -1.59. The topological polar surface area (TPSA) is 21.6 Å². The van der Waals surface area contributed by atoms with E-state index in [9.17, 15) is 17.6 Å². The van der Waals surface area contributed by atoms with E-state index in [1.54, 1.807) is 6.07 Å². The predicted molar refractivity (Wildman–Crippen MR) is 53.1 cm³/mol. The Kier molecular flexibility index (Phi) is 3.04. The Morgan fingerprint density at radius 3 is 2.65 bits per heavy atom. The highest BCUT2D eigenvalue weighted by atomic mass is 19.4. The molecule has 0 saturated carbocycles. The van der Waals surface area contributed by atoms with Crippen molar-refractivity contribution in [1.82, 2.24) is 0 Å². The third kappa shape index (κ3) is 2.95. The molecule has 1 heterocycles. The average Bonchev–Trinajstić information content (AvgIpc) is 2.64. The fourth-order valence-electron chi connectivity index (χ4n) is 1.65. The van der Waals surface area contributed by atoms with Gasteiger partial charge in [0, 0.05) is 12.0 Å². The molecule has 0 bridgehead atoms. The van der Waals surface area contributed by atoms with Gasteiger partial charge in [0.25, 0.3) is 0 Å². The molecule has 0 aliphatic carbocycles. The van der Waals surface area contributed by atoms with E-state index in [-0.39, 0.29) is 17.7 Å². The van der Waals surface area contributed by atoms with Crippen LogP contribution in [0.4, 0.5) is 17.6 Å². The second-order valence-electron chi connectivity index (χ2n) is 3.77. The highest BCUT2D eigenvalue weighted by Gasteiger charge is 2.36. The minimum Gasteiger partial charge on any atom is -0.391 e. The Morgan fingerprint density at radius 1 is 1.29 bits per heavy atom. The summed E-state index contributed by atoms with van der Waals surface area (Å²) in [5, 5.41) is 3.51. The molecule has 1 aliphatic rings. The number of halogens is 4. The summed E-state index contributed by atoms with van der Waals surface area (Å²) >= 11 is 0. The van der Waals surface area contributed by atoms with Gasteiger partial charge in [-0.3, -0.25) is 0 Å². The molecule has 0 radical (unpaired) electrons. The van der Waals surface area contributed by atoms with Crippen LogP contribution in [-0.4, -0.2) is 18.0 Å². The van der Waals surface area contributed by atoms with Crippen LogP contribution in [0.3, 0.4) is 0 Å². The maximum Gasteiger partial charge on any atom is 0.392 e. The quantitative estimate of drug-likeness (QED) is 0.735. The first-order chi connectivity index (χ1) is 7.96. The van der Waals surface area contributed by atoms with Crippen LogP contribution in [0.1, 0.15) is 18.4 Å². The molecule has 17 heavy (non-hydrogen) atoms. The second kappa shape index (κ2) is 4.35. The van der Waals surface area contributed by atoms with Crippen LogP contribution >= 0.6 is 0 Å². The van der Waals surface area contributed by atoms with Crippen LogP contribution in [0.25, 0.3) is 0 Å². The first kappa shape index (κ1) is 11.9. The molecule has 0 fully saturated rings. The summed E-state index contributed by atoms with van der Waals surface area (Å²) in [7, 11) is 0. The first-order valence-electron chi connectivity index (χ1n) is 5.00. The molecule has 0 saturated heterocycles. The van der Waals surface area contributed by atoms with Gasteiger partial charge in [-0.05, 0) is 6.07 Å². The molecule has 0 N–H and O–H groups in total. The largest absolute Gasteiger partial charge is 0.392 e. The minimum absolute atomic E-state index is 0.0273. The average molecular weight is 247 g/mol. The van der Waals surface area contributed by atoms with E-state index < -0.39 is 24.5 Å². The summed E-state index contributed by atoms with van der Waals surface area (Å²) in [5.74, 6) is -0.512. The normalized spacial score (nSPS) is 20.0. The fraction of sp³-hybridized carbons (Fsp3) is 0.364. The standard InChI is InChI=1S/C11H9F4NO/c12-9-4-2-1-3-8(9)10-5-7(17-16-10)6-11(13,14)15/h1-4,7H,5-6H2. The van der Waals surface area contributed by atoms with Crippen molar-refractivity contribution < 1.29 is 22.4 Å². The lowest BCUT2D eigenvalue weighted by Crippen LogP contribution is -2.19. The van der Waals surface area contributed by atoms with Crippen molar-refractivity contribution in [3.8, 4) is 0 Å². The molecule has 6 heteroatoms. The molecular formula is C11H9F4NO. The molecule has 2 rings (SSSR count). The van der Waals surface area contributed by atoms with Gasteiger partial charge in [0.15, 0.2) is 0 Å². The van der Waals surface area contributed by atoms with Gasteiger partial charge in [-0.2, -0.15) is 13.2 Å². The van der Waals surface area contributed by atoms with Gasteiger partial charge >= 0.3 is 6.18 Å². The lowest BCUT2D eigenvalue weighted by molar-refractivity contribution is -0.157. The number of hydrogen-bond donors (Lipinski definition) is 0. The van der Waals surface area contributed by atoms with Crippen LogP contribution < -0.4 is 0 Å². The van der Waals surface area contributed by atoms with Crippen LogP contribution in [0, 0.1) is 5.82 Å². The molecule has 0 spiro atoms. The summed E-state index contributed by atoms with van der Waals surface area (Å²) in [4.78, 5) is 4.65. The van der Waals surface area contributed by atoms with Crippen molar-refractivity contribution in [3.63, 3.8) is 0 Å². The molecule has 2 nitrogen and oxygen atoms in total. The Balaban J connectivity index is 2.05. The Bertz CT molecular complexity index is 441. The number of nitrogens with zero attached hydrogens (tertiary/aromatic N) is 1. The van der Waals surface area contributed by atoms with E-state index in [4.69, 9.17) is 0 Å². The zero-order valence-corrected chi connectivity index (χ0v) is 8.67. The maximum absolute atomic E-state index is 13.3. The van der Waals surface area contributed by atoms with Crippen molar-refractivity contribution >= 4 is 5.71 Å².